The Labute approximate surface area is 117 Å². The van der Waals surface area contributed by atoms with E-state index in [9.17, 15) is 9.18 Å². The molecular formula is C16H16FNO2. The van der Waals surface area contributed by atoms with E-state index in [-0.39, 0.29) is 5.91 Å². The van der Waals surface area contributed by atoms with Gasteiger partial charge < -0.3 is 10.1 Å². The summed E-state index contributed by atoms with van der Waals surface area (Å²) in [6.45, 7) is 3.59. The smallest absolute Gasteiger partial charge is 0.265 e. The van der Waals surface area contributed by atoms with E-state index in [4.69, 9.17) is 4.74 Å². The van der Waals surface area contributed by atoms with Gasteiger partial charge in [-0.2, -0.15) is 0 Å². The number of nitrogens with one attached hydrogen (secondary N) is 1. The molecule has 0 bridgehead atoms. The van der Waals surface area contributed by atoms with Crippen molar-refractivity contribution in [2.45, 2.75) is 20.0 Å². The number of hydrogen-bond donors (Lipinski definition) is 1. The van der Waals surface area contributed by atoms with Gasteiger partial charge in [0.15, 0.2) is 6.10 Å². The van der Waals surface area contributed by atoms with Crippen LogP contribution in [0.3, 0.4) is 0 Å². The minimum Gasteiger partial charge on any atom is -0.481 e. The van der Waals surface area contributed by atoms with E-state index in [1.807, 2.05) is 31.2 Å². The first-order valence-electron chi connectivity index (χ1n) is 6.34. The van der Waals surface area contributed by atoms with Crippen LogP contribution < -0.4 is 10.1 Å². The van der Waals surface area contributed by atoms with Crippen LogP contribution >= 0.6 is 0 Å². The van der Waals surface area contributed by atoms with Crippen molar-refractivity contribution in [3.63, 3.8) is 0 Å². The number of amides is 1. The highest BCUT2D eigenvalue weighted by Gasteiger charge is 2.15. The van der Waals surface area contributed by atoms with Gasteiger partial charge >= 0.3 is 0 Å². The molecule has 0 fully saturated rings. The number of ether oxygens (including phenoxy) is 1. The van der Waals surface area contributed by atoms with Gasteiger partial charge in [0, 0.05) is 11.8 Å². The zero-order chi connectivity index (χ0) is 14.5. The van der Waals surface area contributed by atoms with E-state index >= 15 is 0 Å². The summed E-state index contributed by atoms with van der Waals surface area (Å²) in [5.41, 5.74) is 1.82. The Bertz CT molecular complexity index is 596. The maximum atomic E-state index is 13.0. The van der Waals surface area contributed by atoms with E-state index in [2.05, 4.69) is 5.32 Å². The lowest BCUT2D eigenvalue weighted by molar-refractivity contribution is -0.122. The van der Waals surface area contributed by atoms with Gasteiger partial charge in [0.1, 0.15) is 11.6 Å². The molecule has 2 aromatic carbocycles. The summed E-state index contributed by atoms with van der Waals surface area (Å²) >= 11 is 0. The van der Waals surface area contributed by atoms with Crippen LogP contribution in [0.25, 0.3) is 0 Å². The number of carbonyl (C=O) groups excluding carboxylic acids is 1. The highest BCUT2D eigenvalue weighted by atomic mass is 19.1. The van der Waals surface area contributed by atoms with Gasteiger partial charge in [0.2, 0.25) is 0 Å². The number of rotatable bonds is 4. The Morgan fingerprint density at radius 2 is 1.90 bits per heavy atom. The molecule has 0 aromatic heterocycles. The summed E-state index contributed by atoms with van der Waals surface area (Å²) in [7, 11) is 0. The van der Waals surface area contributed by atoms with Crippen LogP contribution in [0.1, 0.15) is 12.5 Å². The predicted octanol–water partition coefficient (Wildman–Crippen LogP) is 3.54. The molecule has 0 aliphatic carbocycles. The summed E-state index contributed by atoms with van der Waals surface area (Å²) in [6, 6.07) is 13.2. The van der Waals surface area contributed by atoms with Crippen molar-refractivity contribution >= 4 is 11.6 Å². The number of aryl methyl sites for hydroxylation is 1. The lowest BCUT2D eigenvalue weighted by atomic mass is 10.2. The zero-order valence-corrected chi connectivity index (χ0v) is 11.4. The fraction of sp³-hybridized carbons (Fsp3) is 0.188. The molecule has 104 valence electrons. The van der Waals surface area contributed by atoms with Crippen molar-refractivity contribution in [2.75, 3.05) is 5.32 Å². The molecule has 3 nitrogen and oxygen atoms in total. The fourth-order valence-corrected chi connectivity index (χ4v) is 1.68. The molecule has 1 N–H and O–H groups in total. The SMILES string of the molecule is Cc1ccc(NC(=O)[C@@H](C)Oc2cccc(F)c2)cc1. The molecule has 20 heavy (non-hydrogen) atoms. The molecule has 0 saturated heterocycles. The van der Waals surface area contributed by atoms with Crippen molar-refractivity contribution in [3.05, 3.63) is 59.9 Å². The van der Waals surface area contributed by atoms with E-state index in [0.717, 1.165) is 5.56 Å². The first kappa shape index (κ1) is 14.1. The van der Waals surface area contributed by atoms with E-state index < -0.39 is 11.9 Å². The largest absolute Gasteiger partial charge is 0.481 e. The lowest BCUT2D eigenvalue weighted by Gasteiger charge is -2.14. The van der Waals surface area contributed by atoms with E-state index in [1.54, 1.807) is 13.0 Å². The molecule has 1 atom stereocenters. The molecule has 4 heteroatoms. The molecular weight excluding hydrogens is 257 g/mol. The topological polar surface area (TPSA) is 38.3 Å². The molecule has 1 amide bonds. The average Bonchev–Trinajstić information content (AvgIpc) is 2.41. The van der Waals surface area contributed by atoms with Crippen molar-refractivity contribution in [1.29, 1.82) is 0 Å². The van der Waals surface area contributed by atoms with E-state index in [0.29, 0.717) is 11.4 Å². The quantitative estimate of drug-likeness (QED) is 0.925. The number of hydrogen-bond acceptors (Lipinski definition) is 2. The second kappa shape index (κ2) is 6.19. The first-order valence-corrected chi connectivity index (χ1v) is 6.34. The number of benzene rings is 2. The minimum absolute atomic E-state index is 0.280. The van der Waals surface area contributed by atoms with Gasteiger partial charge in [-0.3, -0.25) is 4.79 Å². The maximum absolute atomic E-state index is 13.0. The number of halogens is 1. The minimum atomic E-state index is -0.710. The zero-order valence-electron chi connectivity index (χ0n) is 11.4. The first-order chi connectivity index (χ1) is 9.54. The molecule has 2 rings (SSSR count). The molecule has 0 unspecified atom stereocenters. The third-order valence-electron chi connectivity index (χ3n) is 2.80. The summed E-state index contributed by atoms with van der Waals surface area (Å²) in [4.78, 5) is 12.0. The third-order valence-corrected chi connectivity index (χ3v) is 2.80. The van der Waals surface area contributed by atoms with Crippen LogP contribution in [-0.4, -0.2) is 12.0 Å². The van der Waals surface area contributed by atoms with Crippen LogP contribution in [0.5, 0.6) is 5.75 Å². The maximum Gasteiger partial charge on any atom is 0.265 e. The third kappa shape index (κ3) is 3.82. The monoisotopic (exact) mass is 273 g/mol. The molecule has 0 aliphatic heterocycles. The second-order valence-corrected chi connectivity index (χ2v) is 4.57. The van der Waals surface area contributed by atoms with Crippen LogP contribution in [0, 0.1) is 12.7 Å². The molecule has 0 saturated carbocycles. The Morgan fingerprint density at radius 1 is 1.20 bits per heavy atom. The van der Waals surface area contributed by atoms with Crippen molar-refractivity contribution in [1.82, 2.24) is 0 Å². The van der Waals surface area contributed by atoms with Gasteiger partial charge in [-0.15, -0.1) is 0 Å². The van der Waals surface area contributed by atoms with Crippen LogP contribution in [-0.2, 0) is 4.79 Å². The fourth-order valence-electron chi connectivity index (χ4n) is 1.68. The molecule has 0 heterocycles. The van der Waals surface area contributed by atoms with Gasteiger partial charge in [-0.1, -0.05) is 23.8 Å². The molecule has 0 aliphatic rings. The molecule has 2 aromatic rings. The second-order valence-electron chi connectivity index (χ2n) is 4.57. The average molecular weight is 273 g/mol. The van der Waals surface area contributed by atoms with Crippen molar-refractivity contribution in [2.24, 2.45) is 0 Å². The Balaban J connectivity index is 1.96. The Kier molecular flexibility index (Phi) is 4.35. The highest BCUT2D eigenvalue weighted by molar-refractivity contribution is 5.94. The summed E-state index contributed by atoms with van der Waals surface area (Å²) in [5, 5.41) is 2.75. The normalized spacial score (nSPS) is 11.8. The van der Waals surface area contributed by atoms with Crippen LogP contribution in [0.15, 0.2) is 48.5 Å². The van der Waals surface area contributed by atoms with Crippen molar-refractivity contribution in [3.8, 4) is 5.75 Å². The van der Waals surface area contributed by atoms with Crippen LogP contribution in [0.4, 0.5) is 10.1 Å². The van der Waals surface area contributed by atoms with Gasteiger partial charge in [0.05, 0.1) is 0 Å². The number of anilines is 1. The molecule has 0 radical (unpaired) electrons. The van der Waals surface area contributed by atoms with E-state index in [1.165, 1.54) is 18.2 Å². The lowest BCUT2D eigenvalue weighted by Crippen LogP contribution is -2.30. The number of carbonyl (C=O) groups is 1. The summed E-state index contributed by atoms with van der Waals surface area (Å²) in [5.74, 6) is -0.344. The van der Waals surface area contributed by atoms with Gasteiger partial charge in [-0.25, -0.2) is 4.39 Å². The highest BCUT2D eigenvalue weighted by Crippen LogP contribution is 2.15. The summed E-state index contributed by atoms with van der Waals surface area (Å²) in [6.07, 6.45) is -0.710. The predicted molar refractivity (Wildman–Crippen MR) is 76.3 cm³/mol. The Hall–Kier alpha value is -2.36. The standard InChI is InChI=1S/C16H16FNO2/c1-11-6-8-14(9-7-11)18-16(19)12(2)20-15-5-3-4-13(17)10-15/h3-10,12H,1-2H3,(H,18,19)/t12-/m1/s1. The van der Waals surface area contributed by atoms with Gasteiger partial charge in [0.25, 0.3) is 5.91 Å². The van der Waals surface area contributed by atoms with Crippen LogP contribution in [0.2, 0.25) is 0 Å². The molecule has 0 spiro atoms. The van der Waals surface area contributed by atoms with Gasteiger partial charge in [-0.05, 0) is 38.1 Å². The summed E-state index contributed by atoms with van der Waals surface area (Å²) < 4.78 is 18.4. The Morgan fingerprint density at radius 3 is 2.55 bits per heavy atom. The van der Waals surface area contributed by atoms with Crippen molar-refractivity contribution < 1.29 is 13.9 Å².